The summed E-state index contributed by atoms with van der Waals surface area (Å²) in [4.78, 5) is 23.6. The van der Waals surface area contributed by atoms with Crippen LogP contribution in [0.25, 0.3) is 0 Å². The first-order valence-electron chi connectivity index (χ1n) is 6.00. The van der Waals surface area contributed by atoms with Gasteiger partial charge in [0.25, 0.3) is 5.91 Å². The Morgan fingerprint density at radius 3 is 2.30 bits per heavy atom. The SMILES string of the molecule is Cc1ccccc1C(=O)NC(=O)Nc1ccc(Cl)cc1. The van der Waals surface area contributed by atoms with Gasteiger partial charge in [-0.25, -0.2) is 4.79 Å². The Morgan fingerprint density at radius 1 is 1.00 bits per heavy atom. The van der Waals surface area contributed by atoms with E-state index in [0.29, 0.717) is 16.3 Å². The van der Waals surface area contributed by atoms with Crippen LogP contribution in [0.3, 0.4) is 0 Å². The minimum atomic E-state index is -0.583. The molecule has 102 valence electrons. The molecule has 0 aliphatic carbocycles. The van der Waals surface area contributed by atoms with Crippen molar-refractivity contribution in [1.29, 1.82) is 0 Å². The highest BCUT2D eigenvalue weighted by atomic mass is 35.5. The smallest absolute Gasteiger partial charge is 0.308 e. The van der Waals surface area contributed by atoms with Crippen LogP contribution < -0.4 is 10.6 Å². The molecule has 0 aromatic heterocycles. The molecule has 0 saturated heterocycles. The lowest BCUT2D eigenvalue weighted by Gasteiger charge is -2.08. The van der Waals surface area contributed by atoms with Crippen LogP contribution in [-0.2, 0) is 0 Å². The molecule has 2 rings (SSSR count). The number of imide groups is 1. The molecule has 0 aliphatic rings. The minimum absolute atomic E-state index is 0.436. The van der Waals surface area contributed by atoms with Gasteiger partial charge in [0.15, 0.2) is 0 Å². The summed E-state index contributed by atoms with van der Waals surface area (Å²) >= 11 is 5.75. The summed E-state index contributed by atoms with van der Waals surface area (Å²) in [6, 6.07) is 13.1. The van der Waals surface area contributed by atoms with Crippen molar-refractivity contribution in [2.75, 3.05) is 5.32 Å². The number of carbonyl (C=O) groups is 2. The number of amides is 3. The molecule has 0 bridgehead atoms. The van der Waals surface area contributed by atoms with Crippen molar-refractivity contribution < 1.29 is 9.59 Å². The predicted molar refractivity (Wildman–Crippen MR) is 79.1 cm³/mol. The third-order valence-electron chi connectivity index (χ3n) is 2.72. The zero-order chi connectivity index (χ0) is 14.5. The monoisotopic (exact) mass is 288 g/mol. The fourth-order valence-corrected chi connectivity index (χ4v) is 1.82. The summed E-state index contributed by atoms with van der Waals surface area (Å²) in [5.41, 5.74) is 1.84. The van der Waals surface area contributed by atoms with E-state index < -0.39 is 11.9 Å². The first-order valence-corrected chi connectivity index (χ1v) is 6.37. The standard InChI is InChI=1S/C15H13ClN2O2/c1-10-4-2-3-5-13(10)14(19)18-15(20)17-12-8-6-11(16)7-9-12/h2-9H,1H3,(H2,17,18,19,20). The average molecular weight is 289 g/mol. The van der Waals surface area contributed by atoms with Crippen molar-refractivity contribution in [2.24, 2.45) is 0 Å². The molecule has 0 spiro atoms. The van der Waals surface area contributed by atoms with Crippen molar-refractivity contribution in [3.05, 3.63) is 64.7 Å². The highest BCUT2D eigenvalue weighted by Gasteiger charge is 2.11. The molecule has 0 unspecified atom stereocenters. The van der Waals surface area contributed by atoms with Crippen molar-refractivity contribution >= 4 is 29.2 Å². The summed E-state index contributed by atoms with van der Waals surface area (Å²) in [6.07, 6.45) is 0. The minimum Gasteiger partial charge on any atom is -0.308 e. The molecule has 0 aliphatic heterocycles. The molecular weight excluding hydrogens is 276 g/mol. The number of hydrogen-bond acceptors (Lipinski definition) is 2. The molecule has 2 N–H and O–H groups in total. The summed E-state index contributed by atoms with van der Waals surface area (Å²) in [5.74, 6) is -0.436. The van der Waals surface area contributed by atoms with Crippen LogP contribution in [0.1, 0.15) is 15.9 Å². The van der Waals surface area contributed by atoms with E-state index in [9.17, 15) is 9.59 Å². The van der Waals surface area contributed by atoms with Gasteiger partial charge in [-0.3, -0.25) is 10.1 Å². The molecule has 0 radical (unpaired) electrons. The number of halogens is 1. The molecule has 2 aromatic rings. The Kier molecular flexibility index (Phi) is 4.38. The molecule has 5 heteroatoms. The van der Waals surface area contributed by atoms with E-state index in [1.807, 2.05) is 19.1 Å². The molecular formula is C15H13ClN2O2. The fourth-order valence-electron chi connectivity index (χ4n) is 1.69. The van der Waals surface area contributed by atoms with Crippen LogP contribution in [0.5, 0.6) is 0 Å². The lowest BCUT2D eigenvalue weighted by Crippen LogP contribution is -2.34. The molecule has 20 heavy (non-hydrogen) atoms. The van der Waals surface area contributed by atoms with Gasteiger partial charge in [0, 0.05) is 16.3 Å². The van der Waals surface area contributed by atoms with Crippen molar-refractivity contribution in [3.63, 3.8) is 0 Å². The third-order valence-corrected chi connectivity index (χ3v) is 2.97. The second kappa shape index (κ2) is 6.21. The Morgan fingerprint density at radius 2 is 1.65 bits per heavy atom. The van der Waals surface area contributed by atoms with E-state index in [-0.39, 0.29) is 0 Å². The van der Waals surface area contributed by atoms with Gasteiger partial charge in [0.1, 0.15) is 0 Å². The first kappa shape index (κ1) is 14.1. The normalized spacial score (nSPS) is 9.90. The zero-order valence-electron chi connectivity index (χ0n) is 10.8. The highest BCUT2D eigenvalue weighted by Crippen LogP contribution is 2.13. The zero-order valence-corrected chi connectivity index (χ0v) is 11.6. The van der Waals surface area contributed by atoms with E-state index >= 15 is 0 Å². The molecule has 4 nitrogen and oxygen atoms in total. The number of hydrogen-bond donors (Lipinski definition) is 2. The Balaban J connectivity index is 2.00. The summed E-state index contributed by atoms with van der Waals surface area (Å²) in [6.45, 7) is 1.81. The maximum Gasteiger partial charge on any atom is 0.326 e. The van der Waals surface area contributed by atoms with Gasteiger partial charge in [0.2, 0.25) is 0 Å². The van der Waals surface area contributed by atoms with Crippen molar-refractivity contribution in [2.45, 2.75) is 6.92 Å². The van der Waals surface area contributed by atoms with Crippen LogP contribution in [-0.4, -0.2) is 11.9 Å². The van der Waals surface area contributed by atoms with E-state index in [2.05, 4.69) is 10.6 Å². The number of anilines is 1. The molecule has 0 saturated carbocycles. The molecule has 2 aromatic carbocycles. The number of aryl methyl sites for hydroxylation is 1. The van der Waals surface area contributed by atoms with Gasteiger partial charge in [-0.1, -0.05) is 29.8 Å². The van der Waals surface area contributed by atoms with Crippen molar-refractivity contribution in [1.82, 2.24) is 5.32 Å². The maximum absolute atomic E-state index is 11.9. The molecule has 0 atom stereocenters. The second-order valence-electron chi connectivity index (χ2n) is 4.23. The average Bonchev–Trinajstić information content (AvgIpc) is 2.41. The van der Waals surface area contributed by atoms with Crippen LogP contribution in [0, 0.1) is 6.92 Å². The summed E-state index contributed by atoms with van der Waals surface area (Å²) < 4.78 is 0. The number of urea groups is 1. The molecule has 0 fully saturated rings. The fraction of sp³-hybridized carbons (Fsp3) is 0.0667. The highest BCUT2D eigenvalue weighted by molar-refractivity contribution is 6.30. The van der Waals surface area contributed by atoms with Gasteiger partial charge in [-0.2, -0.15) is 0 Å². The first-order chi connectivity index (χ1) is 9.56. The Labute approximate surface area is 121 Å². The predicted octanol–water partition coefficient (Wildman–Crippen LogP) is 3.61. The summed E-state index contributed by atoms with van der Waals surface area (Å²) in [5, 5.41) is 5.41. The third kappa shape index (κ3) is 3.59. The van der Waals surface area contributed by atoms with E-state index in [0.717, 1.165) is 5.56 Å². The molecule has 0 heterocycles. The van der Waals surface area contributed by atoms with Gasteiger partial charge in [0.05, 0.1) is 0 Å². The van der Waals surface area contributed by atoms with Gasteiger partial charge >= 0.3 is 6.03 Å². The topological polar surface area (TPSA) is 58.2 Å². The lowest BCUT2D eigenvalue weighted by atomic mass is 10.1. The maximum atomic E-state index is 11.9. The second-order valence-corrected chi connectivity index (χ2v) is 4.67. The van der Waals surface area contributed by atoms with Crippen LogP contribution >= 0.6 is 11.6 Å². The summed E-state index contributed by atoms with van der Waals surface area (Å²) in [7, 11) is 0. The van der Waals surface area contributed by atoms with Gasteiger partial charge < -0.3 is 5.32 Å². The van der Waals surface area contributed by atoms with Crippen molar-refractivity contribution in [3.8, 4) is 0 Å². The van der Waals surface area contributed by atoms with Gasteiger partial charge in [-0.05, 0) is 42.8 Å². The van der Waals surface area contributed by atoms with E-state index in [1.54, 1.807) is 36.4 Å². The number of nitrogens with one attached hydrogen (secondary N) is 2. The number of rotatable bonds is 2. The van der Waals surface area contributed by atoms with Crippen LogP contribution in [0.2, 0.25) is 5.02 Å². The largest absolute Gasteiger partial charge is 0.326 e. The number of benzene rings is 2. The molecule has 3 amide bonds. The van der Waals surface area contributed by atoms with E-state index in [1.165, 1.54) is 0 Å². The van der Waals surface area contributed by atoms with Gasteiger partial charge in [-0.15, -0.1) is 0 Å². The number of carbonyl (C=O) groups excluding carboxylic acids is 2. The van der Waals surface area contributed by atoms with E-state index in [4.69, 9.17) is 11.6 Å². The van der Waals surface area contributed by atoms with Crippen LogP contribution in [0.15, 0.2) is 48.5 Å². The Hall–Kier alpha value is -2.33. The van der Waals surface area contributed by atoms with Crippen LogP contribution in [0.4, 0.5) is 10.5 Å². The lowest BCUT2D eigenvalue weighted by molar-refractivity contribution is 0.0966. The quantitative estimate of drug-likeness (QED) is 0.887. The Bertz CT molecular complexity index is 639.